The molecule has 3 aromatic carbocycles. The molecule has 0 spiro atoms. The van der Waals surface area contributed by atoms with Gasteiger partial charge in [0, 0.05) is 29.2 Å². The molecule has 0 aliphatic heterocycles. The molecule has 5 nitrogen and oxygen atoms in total. The molecule has 0 heterocycles. The lowest BCUT2D eigenvalue weighted by atomic mass is 10.2. The van der Waals surface area contributed by atoms with Crippen LogP contribution in [0.25, 0.3) is 0 Å². The fourth-order valence-corrected chi connectivity index (χ4v) is 3.28. The van der Waals surface area contributed by atoms with Crippen LogP contribution in [-0.4, -0.2) is 30.4 Å². The number of hydrogen-bond donors (Lipinski definition) is 0. The van der Waals surface area contributed by atoms with E-state index in [9.17, 15) is 9.59 Å². The van der Waals surface area contributed by atoms with Crippen LogP contribution < -0.4 is 4.74 Å². The van der Waals surface area contributed by atoms with E-state index in [0.717, 1.165) is 11.1 Å². The number of para-hydroxylation sites is 1. The Morgan fingerprint density at radius 3 is 2.39 bits per heavy atom. The van der Waals surface area contributed by atoms with E-state index in [0.29, 0.717) is 22.3 Å². The molecule has 1 amide bonds. The van der Waals surface area contributed by atoms with Gasteiger partial charge in [-0.1, -0.05) is 71.7 Å². The van der Waals surface area contributed by atoms with E-state index < -0.39 is 5.97 Å². The van der Waals surface area contributed by atoms with Gasteiger partial charge in [-0.2, -0.15) is 0 Å². The third-order valence-corrected chi connectivity index (χ3v) is 5.11. The molecule has 0 atom stereocenters. The molecular weight excluding hydrogens is 437 g/mol. The van der Waals surface area contributed by atoms with Crippen molar-refractivity contribution in [2.24, 2.45) is 0 Å². The van der Waals surface area contributed by atoms with Crippen molar-refractivity contribution in [3.05, 3.63) is 99.5 Å². The molecule has 0 unspecified atom stereocenters. The molecule has 3 rings (SSSR count). The number of benzene rings is 3. The van der Waals surface area contributed by atoms with Gasteiger partial charge in [0.1, 0.15) is 17.9 Å². The molecule has 160 valence electrons. The molecule has 0 bridgehead atoms. The van der Waals surface area contributed by atoms with Gasteiger partial charge in [-0.3, -0.25) is 4.79 Å². The van der Waals surface area contributed by atoms with Crippen LogP contribution in [-0.2, 0) is 22.7 Å². The molecule has 31 heavy (non-hydrogen) atoms. The second-order valence-electron chi connectivity index (χ2n) is 6.83. The van der Waals surface area contributed by atoms with Crippen molar-refractivity contribution in [1.82, 2.24) is 4.90 Å². The average Bonchev–Trinajstić information content (AvgIpc) is 2.77. The number of rotatable bonds is 8. The SMILES string of the molecule is CN(Cc1ccccc1)C(=O)COC(=O)c1ccccc1OCc1ccc(Cl)cc1Cl. The maximum absolute atomic E-state index is 12.6. The predicted octanol–water partition coefficient (Wildman–Crippen LogP) is 5.39. The van der Waals surface area contributed by atoms with Gasteiger partial charge < -0.3 is 14.4 Å². The minimum atomic E-state index is -0.640. The first kappa shape index (κ1) is 22.7. The maximum Gasteiger partial charge on any atom is 0.342 e. The van der Waals surface area contributed by atoms with E-state index in [1.807, 2.05) is 30.3 Å². The number of carbonyl (C=O) groups is 2. The summed E-state index contributed by atoms with van der Waals surface area (Å²) in [4.78, 5) is 26.4. The lowest BCUT2D eigenvalue weighted by Crippen LogP contribution is -2.30. The lowest BCUT2D eigenvalue weighted by molar-refractivity contribution is -0.133. The molecule has 0 fully saturated rings. The third kappa shape index (κ3) is 6.48. The standard InChI is InChI=1S/C24H21Cl2NO4/c1-27(14-17-7-3-2-4-8-17)23(28)16-31-24(29)20-9-5-6-10-22(20)30-15-18-11-12-19(25)13-21(18)26/h2-13H,14-16H2,1H3. The van der Waals surface area contributed by atoms with Crippen LogP contribution in [0.3, 0.4) is 0 Å². The molecule has 0 aliphatic carbocycles. The first-order chi connectivity index (χ1) is 14.9. The maximum atomic E-state index is 12.6. The highest BCUT2D eigenvalue weighted by Gasteiger charge is 2.17. The van der Waals surface area contributed by atoms with E-state index in [2.05, 4.69) is 0 Å². The zero-order chi connectivity index (χ0) is 22.2. The van der Waals surface area contributed by atoms with Crippen LogP contribution >= 0.6 is 23.2 Å². The van der Waals surface area contributed by atoms with Crippen LogP contribution in [0.2, 0.25) is 10.0 Å². The van der Waals surface area contributed by atoms with Gasteiger partial charge in [-0.15, -0.1) is 0 Å². The Bertz CT molecular complexity index is 1060. The zero-order valence-corrected chi connectivity index (χ0v) is 18.4. The molecule has 0 saturated carbocycles. The van der Waals surface area contributed by atoms with Crippen LogP contribution in [0.15, 0.2) is 72.8 Å². The summed E-state index contributed by atoms with van der Waals surface area (Å²) in [5.41, 5.74) is 1.95. The van der Waals surface area contributed by atoms with E-state index in [-0.39, 0.29) is 24.7 Å². The molecule has 0 N–H and O–H groups in total. The Balaban J connectivity index is 1.58. The van der Waals surface area contributed by atoms with Gasteiger partial charge in [0.05, 0.1) is 0 Å². The number of hydrogen-bond acceptors (Lipinski definition) is 4. The second-order valence-corrected chi connectivity index (χ2v) is 7.68. The summed E-state index contributed by atoms with van der Waals surface area (Å²) in [5, 5.41) is 0.999. The van der Waals surface area contributed by atoms with Crippen LogP contribution in [0.5, 0.6) is 5.75 Å². The third-order valence-electron chi connectivity index (χ3n) is 4.52. The first-order valence-corrected chi connectivity index (χ1v) is 10.3. The number of amides is 1. The predicted molar refractivity (Wildman–Crippen MR) is 120 cm³/mol. The minimum Gasteiger partial charge on any atom is -0.488 e. The fourth-order valence-electron chi connectivity index (χ4n) is 2.82. The van der Waals surface area contributed by atoms with E-state index >= 15 is 0 Å². The van der Waals surface area contributed by atoms with Crippen molar-refractivity contribution in [3.63, 3.8) is 0 Å². The lowest BCUT2D eigenvalue weighted by Gasteiger charge is -2.17. The largest absolute Gasteiger partial charge is 0.488 e. The number of carbonyl (C=O) groups excluding carboxylic acids is 2. The van der Waals surface area contributed by atoms with Crippen molar-refractivity contribution in [1.29, 1.82) is 0 Å². The smallest absolute Gasteiger partial charge is 0.342 e. The van der Waals surface area contributed by atoms with Gasteiger partial charge >= 0.3 is 5.97 Å². The van der Waals surface area contributed by atoms with E-state index in [1.165, 1.54) is 4.90 Å². The van der Waals surface area contributed by atoms with Crippen molar-refractivity contribution in [2.45, 2.75) is 13.2 Å². The highest BCUT2D eigenvalue weighted by molar-refractivity contribution is 6.35. The van der Waals surface area contributed by atoms with Gasteiger partial charge in [-0.05, 0) is 29.8 Å². The number of esters is 1. The highest BCUT2D eigenvalue weighted by Crippen LogP contribution is 2.25. The summed E-state index contributed by atoms with van der Waals surface area (Å²) in [6, 6.07) is 21.3. The van der Waals surface area contributed by atoms with Crippen LogP contribution in [0.4, 0.5) is 0 Å². The molecule has 7 heteroatoms. The second kappa shape index (κ2) is 10.8. The number of likely N-dealkylation sites (N-methyl/N-ethyl adjacent to an activating group) is 1. The zero-order valence-electron chi connectivity index (χ0n) is 16.9. The summed E-state index contributed by atoms with van der Waals surface area (Å²) in [7, 11) is 1.66. The van der Waals surface area contributed by atoms with E-state index in [1.54, 1.807) is 49.5 Å². The van der Waals surface area contributed by atoms with Gasteiger partial charge in [0.15, 0.2) is 6.61 Å². The van der Waals surface area contributed by atoms with Gasteiger partial charge in [0.2, 0.25) is 0 Å². The molecule has 3 aromatic rings. The van der Waals surface area contributed by atoms with Crippen molar-refractivity contribution < 1.29 is 19.1 Å². The van der Waals surface area contributed by atoms with Crippen molar-refractivity contribution in [2.75, 3.05) is 13.7 Å². The Morgan fingerprint density at radius 2 is 1.65 bits per heavy atom. The Hall–Kier alpha value is -3.02. The van der Waals surface area contributed by atoms with Gasteiger partial charge in [0.25, 0.3) is 5.91 Å². The fraction of sp³-hybridized carbons (Fsp3) is 0.167. The van der Waals surface area contributed by atoms with Crippen LogP contribution in [0.1, 0.15) is 21.5 Å². The first-order valence-electron chi connectivity index (χ1n) is 9.55. The Labute approximate surface area is 191 Å². The average molecular weight is 458 g/mol. The summed E-state index contributed by atoms with van der Waals surface area (Å²) in [6.45, 7) is 0.220. The van der Waals surface area contributed by atoms with Crippen molar-refractivity contribution in [3.8, 4) is 5.75 Å². The monoisotopic (exact) mass is 457 g/mol. The molecule has 0 radical (unpaired) electrons. The number of halogens is 2. The number of ether oxygens (including phenoxy) is 2. The van der Waals surface area contributed by atoms with E-state index in [4.69, 9.17) is 32.7 Å². The van der Waals surface area contributed by atoms with Crippen LogP contribution in [0, 0.1) is 0 Å². The minimum absolute atomic E-state index is 0.152. The van der Waals surface area contributed by atoms with Gasteiger partial charge in [-0.25, -0.2) is 4.79 Å². The molecule has 0 aliphatic rings. The summed E-state index contributed by atoms with van der Waals surface area (Å²) < 4.78 is 11.0. The quantitative estimate of drug-likeness (QED) is 0.425. The summed E-state index contributed by atoms with van der Waals surface area (Å²) in [6.07, 6.45) is 0. The Kier molecular flexibility index (Phi) is 7.93. The molecular formula is C24H21Cl2NO4. The Morgan fingerprint density at radius 1 is 0.935 bits per heavy atom. The summed E-state index contributed by atoms with van der Waals surface area (Å²) >= 11 is 12.1. The number of nitrogens with zero attached hydrogens (tertiary/aromatic N) is 1. The molecule has 0 aromatic heterocycles. The highest BCUT2D eigenvalue weighted by atomic mass is 35.5. The molecule has 0 saturated heterocycles. The normalized spacial score (nSPS) is 10.4. The van der Waals surface area contributed by atoms with Crippen molar-refractivity contribution >= 4 is 35.1 Å². The topological polar surface area (TPSA) is 55.8 Å². The summed E-state index contributed by atoms with van der Waals surface area (Å²) in [5.74, 6) is -0.605.